The summed E-state index contributed by atoms with van der Waals surface area (Å²) in [7, 11) is -3.93. The number of benzene rings is 4. The van der Waals surface area contributed by atoms with Crippen LogP contribution in [0.15, 0.2) is 114 Å². The van der Waals surface area contributed by atoms with Crippen LogP contribution in [0.3, 0.4) is 0 Å². The van der Waals surface area contributed by atoms with Crippen LogP contribution in [0.5, 0.6) is 5.75 Å². The van der Waals surface area contributed by atoms with Crippen molar-refractivity contribution in [1.82, 2.24) is 9.29 Å². The summed E-state index contributed by atoms with van der Waals surface area (Å²) < 4.78 is 58.8. The Balaban J connectivity index is 1.38. The third-order valence-electron chi connectivity index (χ3n) is 6.76. The maximum Gasteiger partial charge on any atom is 0.387 e. The summed E-state index contributed by atoms with van der Waals surface area (Å²) in [5, 5.41) is 1.00. The van der Waals surface area contributed by atoms with E-state index in [9.17, 15) is 22.0 Å². The number of rotatable bonds is 11. The number of halogens is 2. The molecule has 1 heterocycles. The Morgan fingerprint density at radius 1 is 0.805 bits per heavy atom. The molecule has 210 valence electrons. The monoisotopic (exact) mass is 574 g/mol. The molecule has 6 nitrogen and oxygen atoms in total. The third-order valence-corrected chi connectivity index (χ3v) is 8.15. The summed E-state index contributed by atoms with van der Waals surface area (Å²) in [5.41, 5.74) is 4.91. The lowest BCUT2D eigenvalue weighted by Crippen LogP contribution is -2.30. The van der Waals surface area contributed by atoms with Crippen LogP contribution in [0.4, 0.5) is 8.78 Å². The summed E-state index contributed by atoms with van der Waals surface area (Å²) in [6.07, 6.45) is 3.99. The molecule has 0 aliphatic carbocycles. The molecule has 9 heteroatoms. The van der Waals surface area contributed by atoms with Gasteiger partial charge in [0, 0.05) is 23.7 Å². The zero-order valence-electron chi connectivity index (χ0n) is 22.0. The van der Waals surface area contributed by atoms with Gasteiger partial charge in [0.15, 0.2) is 0 Å². The van der Waals surface area contributed by atoms with E-state index >= 15 is 0 Å². The molecule has 0 bridgehead atoms. The smallest absolute Gasteiger partial charge is 0.387 e. The Morgan fingerprint density at radius 2 is 1.49 bits per heavy atom. The molecule has 0 spiro atoms. The SMILES string of the molecule is O=C(CCc1ccc2c(c1)c(CCc1ccccc1)cn2-c1ccc(OC(F)F)cc1)NS(=O)(=O)c1ccccc1. The van der Waals surface area contributed by atoms with Crippen molar-refractivity contribution in [3.8, 4) is 11.4 Å². The van der Waals surface area contributed by atoms with Crippen LogP contribution in [-0.2, 0) is 34.1 Å². The number of ether oxygens (including phenoxy) is 1. The highest BCUT2D eigenvalue weighted by molar-refractivity contribution is 7.90. The van der Waals surface area contributed by atoms with Crippen molar-refractivity contribution in [1.29, 1.82) is 0 Å². The number of amides is 1. The van der Waals surface area contributed by atoms with Gasteiger partial charge in [-0.2, -0.15) is 8.78 Å². The molecule has 0 saturated heterocycles. The molecule has 5 rings (SSSR count). The first-order valence-electron chi connectivity index (χ1n) is 13.1. The van der Waals surface area contributed by atoms with Gasteiger partial charge in [-0.25, -0.2) is 13.1 Å². The fourth-order valence-electron chi connectivity index (χ4n) is 4.74. The lowest BCUT2D eigenvalue weighted by Gasteiger charge is -2.09. The predicted octanol–water partition coefficient (Wildman–Crippen LogP) is 6.45. The van der Waals surface area contributed by atoms with E-state index in [-0.39, 0.29) is 17.1 Å². The second-order valence-corrected chi connectivity index (χ2v) is 11.3. The van der Waals surface area contributed by atoms with E-state index in [0.29, 0.717) is 6.42 Å². The lowest BCUT2D eigenvalue weighted by molar-refractivity contribution is -0.119. The molecule has 0 aliphatic rings. The molecule has 0 saturated carbocycles. The number of hydrogen-bond acceptors (Lipinski definition) is 4. The Morgan fingerprint density at radius 3 is 2.17 bits per heavy atom. The van der Waals surface area contributed by atoms with Crippen molar-refractivity contribution in [2.75, 3.05) is 0 Å². The molecule has 5 aromatic rings. The minimum Gasteiger partial charge on any atom is -0.435 e. The number of nitrogens with zero attached hydrogens (tertiary/aromatic N) is 1. The van der Waals surface area contributed by atoms with Gasteiger partial charge in [0.05, 0.1) is 10.4 Å². The first kappa shape index (κ1) is 28.0. The number of alkyl halides is 2. The maximum atomic E-state index is 12.6. The van der Waals surface area contributed by atoms with Gasteiger partial charge in [-0.05, 0) is 84.5 Å². The average Bonchev–Trinajstić information content (AvgIpc) is 3.34. The molecule has 4 aromatic carbocycles. The van der Waals surface area contributed by atoms with Crippen LogP contribution >= 0.6 is 0 Å². The first-order chi connectivity index (χ1) is 19.8. The number of fused-ring (bicyclic) bond motifs is 1. The molecule has 1 N–H and O–H groups in total. The van der Waals surface area contributed by atoms with E-state index in [1.54, 1.807) is 30.3 Å². The highest BCUT2D eigenvalue weighted by atomic mass is 32.2. The topological polar surface area (TPSA) is 77.4 Å². The van der Waals surface area contributed by atoms with Crippen LogP contribution in [0.2, 0.25) is 0 Å². The van der Waals surface area contributed by atoms with Gasteiger partial charge < -0.3 is 9.30 Å². The van der Waals surface area contributed by atoms with Crippen LogP contribution in [-0.4, -0.2) is 25.5 Å². The van der Waals surface area contributed by atoms with E-state index in [1.807, 2.05) is 47.2 Å². The second-order valence-electron chi connectivity index (χ2n) is 9.58. The van der Waals surface area contributed by atoms with Crippen LogP contribution < -0.4 is 9.46 Å². The van der Waals surface area contributed by atoms with Gasteiger partial charge in [0.2, 0.25) is 5.91 Å². The molecule has 0 atom stereocenters. The number of nitrogens with one attached hydrogen (secondary N) is 1. The van der Waals surface area contributed by atoms with Crippen molar-refractivity contribution in [2.45, 2.75) is 37.2 Å². The van der Waals surface area contributed by atoms with Gasteiger partial charge in [-0.15, -0.1) is 0 Å². The number of sulfonamides is 1. The van der Waals surface area contributed by atoms with Gasteiger partial charge in [0.1, 0.15) is 5.75 Å². The highest BCUT2D eigenvalue weighted by Crippen LogP contribution is 2.29. The van der Waals surface area contributed by atoms with E-state index in [1.165, 1.54) is 29.8 Å². The maximum absolute atomic E-state index is 12.6. The Labute approximate surface area is 237 Å². The minimum absolute atomic E-state index is 0.00320. The molecule has 0 radical (unpaired) electrons. The van der Waals surface area contributed by atoms with Crippen LogP contribution in [0.1, 0.15) is 23.1 Å². The fourth-order valence-corrected chi connectivity index (χ4v) is 5.78. The molecule has 1 aromatic heterocycles. The molecular formula is C32H28F2N2O4S. The molecule has 0 fully saturated rings. The Hall–Kier alpha value is -4.50. The van der Waals surface area contributed by atoms with Crippen molar-refractivity contribution in [2.24, 2.45) is 0 Å². The van der Waals surface area contributed by atoms with Crippen molar-refractivity contribution < 1.29 is 26.7 Å². The summed E-state index contributed by atoms with van der Waals surface area (Å²) in [6.45, 7) is -2.89. The Kier molecular flexibility index (Phi) is 8.45. The zero-order valence-corrected chi connectivity index (χ0v) is 22.9. The Bertz CT molecular complexity index is 1740. The standard InChI is InChI=1S/C32H28F2N2O4S/c33-32(34)40-27-17-15-26(16-18-27)36-22-25(14-11-23-7-3-1-4-8-23)29-21-24(12-19-30(29)36)13-20-31(37)35-41(38,39)28-9-5-2-6-10-28/h1-10,12,15-19,21-22,32H,11,13-14,20H2,(H,35,37). The minimum atomic E-state index is -3.93. The zero-order chi connectivity index (χ0) is 28.8. The van der Waals surface area contributed by atoms with Crippen molar-refractivity contribution in [3.63, 3.8) is 0 Å². The summed E-state index contributed by atoms with van der Waals surface area (Å²) in [5.74, 6) is -0.499. The predicted molar refractivity (Wildman–Crippen MR) is 154 cm³/mol. The molecular weight excluding hydrogens is 546 g/mol. The van der Waals surface area contributed by atoms with Crippen molar-refractivity contribution in [3.05, 3.63) is 126 Å². The molecule has 1 amide bonds. The number of aromatic nitrogens is 1. The molecule has 0 aliphatic heterocycles. The third kappa shape index (κ3) is 6.99. The summed E-state index contributed by atoms with van der Waals surface area (Å²) in [4.78, 5) is 12.6. The summed E-state index contributed by atoms with van der Waals surface area (Å²) >= 11 is 0. The largest absolute Gasteiger partial charge is 0.435 e. The quantitative estimate of drug-likeness (QED) is 0.197. The van der Waals surface area contributed by atoms with E-state index in [2.05, 4.69) is 21.6 Å². The number of carbonyl (C=O) groups is 1. The normalized spacial score (nSPS) is 11.6. The number of hydrogen-bond donors (Lipinski definition) is 1. The van der Waals surface area contributed by atoms with E-state index in [0.717, 1.165) is 40.6 Å². The second kappa shape index (κ2) is 12.3. The highest BCUT2D eigenvalue weighted by Gasteiger charge is 2.18. The van der Waals surface area contributed by atoms with Crippen LogP contribution in [0.25, 0.3) is 16.6 Å². The van der Waals surface area contributed by atoms with E-state index in [4.69, 9.17) is 0 Å². The first-order valence-corrected chi connectivity index (χ1v) is 14.6. The number of aryl methyl sites for hydroxylation is 3. The van der Waals surface area contributed by atoms with Gasteiger partial charge in [-0.3, -0.25) is 4.79 Å². The van der Waals surface area contributed by atoms with Gasteiger partial charge in [0.25, 0.3) is 10.0 Å². The lowest BCUT2D eigenvalue weighted by atomic mass is 10.0. The van der Waals surface area contributed by atoms with Crippen LogP contribution in [0, 0.1) is 0 Å². The van der Waals surface area contributed by atoms with Gasteiger partial charge >= 0.3 is 6.61 Å². The fraction of sp³-hybridized carbons (Fsp3) is 0.156. The van der Waals surface area contributed by atoms with Crippen molar-refractivity contribution >= 4 is 26.8 Å². The van der Waals surface area contributed by atoms with Gasteiger partial charge in [-0.1, -0.05) is 54.6 Å². The number of carbonyl (C=O) groups excluding carboxylic acids is 1. The molecule has 0 unspecified atom stereocenters. The summed E-state index contributed by atoms with van der Waals surface area (Å²) in [6, 6.07) is 30.3. The molecule has 41 heavy (non-hydrogen) atoms. The average molecular weight is 575 g/mol. The van der Waals surface area contributed by atoms with E-state index < -0.39 is 22.5 Å².